The van der Waals surface area contributed by atoms with Gasteiger partial charge in [-0.2, -0.15) is 0 Å². The predicted octanol–water partition coefficient (Wildman–Crippen LogP) is 3.02. The molecule has 4 nitrogen and oxygen atoms in total. The van der Waals surface area contributed by atoms with Gasteiger partial charge >= 0.3 is 5.97 Å². The van der Waals surface area contributed by atoms with Crippen molar-refractivity contribution < 1.29 is 14.7 Å². The summed E-state index contributed by atoms with van der Waals surface area (Å²) in [7, 11) is 0. The molecular formula is C19H19NO3. The molecule has 0 unspecified atom stereocenters. The van der Waals surface area contributed by atoms with E-state index >= 15 is 0 Å². The van der Waals surface area contributed by atoms with E-state index in [-0.39, 0.29) is 18.9 Å². The summed E-state index contributed by atoms with van der Waals surface area (Å²) in [5.41, 5.74) is -0.0196. The number of benzene rings is 2. The fourth-order valence-electron chi connectivity index (χ4n) is 2.48. The van der Waals surface area contributed by atoms with E-state index in [0.29, 0.717) is 11.1 Å². The number of nitrogens with one attached hydrogen (secondary N) is 1. The minimum Gasteiger partial charge on any atom is -0.480 e. The molecule has 2 aromatic carbocycles. The molecule has 0 aliphatic carbocycles. The second-order valence-corrected chi connectivity index (χ2v) is 5.22. The maximum absolute atomic E-state index is 12.0. The normalized spacial score (nSPS) is 12.9. The number of aliphatic carboxylic acids is 1. The number of carboxylic acids is 1. The largest absolute Gasteiger partial charge is 0.480 e. The Kier molecular flexibility index (Phi) is 5.31. The standard InChI is InChI=1S/C19H19NO3/c1-2-19(18(22)23,16-11-7-4-8-12-16)13-14-20-17(21)15-9-5-3-6-10-15/h2-12H,1,13-14H2,(H,20,21)(H,22,23)/t19-/m1/s1. The van der Waals surface area contributed by atoms with E-state index in [0.717, 1.165) is 0 Å². The van der Waals surface area contributed by atoms with Crippen LogP contribution in [0.5, 0.6) is 0 Å². The second kappa shape index (κ2) is 7.40. The van der Waals surface area contributed by atoms with E-state index in [4.69, 9.17) is 0 Å². The lowest BCUT2D eigenvalue weighted by atomic mass is 9.77. The highest BCUT2D eigenvalue weighted by molar-refractivity contribution is 5.94. The molecule has 23 heavy (non-hydrogen) atoms. The first-order valence-electron chi connectivity index (χ1n) is 7.36. The van der Waals surface area contributed by atoms with Gasteiger partial charge in [0.1, 0.15) is 5.41 Å². The van der Waals surface area contributed by atoms with E-state index in [2.05, 4.69) is 11.9 Å². The third-order valence-electron chi connectivity index (χ3n) is 3.86. The average molecular weight is 309 g/mol. The third-order valence-corrected chi connectivity index (χ3v) is 3.86. The Morgan fingerprint density at radius 3 is 2.13 bits per heavy atom. The van der Waals surface area contributed by atoms with E-state index in [1.165, 1.54) is 6.08 Å². The monoisotopic (exact) mass is 309 g/mol. The lowest BCUT2D eigenvalue weighted by Gasteiger charge is -2.26. The number of hydrogen-bond acceptors (Lipinski definition) is 2. The van der Waals surface area contributed by atoms with Crippen LogP contribution in [0, 0.1) is 0 Å². The smallest absolute Gasteiger partial charge is 0.318 e. The second-order valence-electron chi connectivity index (χ2n) is 5.22. The molecule has 1 amide bonds. The number of amides is 1. The van der Waals surface area contributed by atoms with Gasteiger partial charge in [0.25, 0.3) is 5.91 Å². The van der Waals surface area contributed by atoms with Crippen LogP contribution in [0.2, 0.25) is 0 Å². The molecule has 0 saturated carbocycles. The van der Waals surface area contributed by atoms with Gasteiger partial charge in [-0.05, 0) is 24.1 Å². The molecule has 0 bridgehead atoms. The van der Waals surface area contributed by atoms with Crippen LogP contribution in [-0.2, 0) is 10.2 Å². The number of carbonyl (C=O) groups excluding carboxylic acids is 1. The van der Waals surface area contributed by atoms with Crippen molar-refractivity contribution >= 4 is 11.9 Å². The van der Waals surface area contributed by atoms with Crippen molar-refractivity contribution in [2.24, 2.45) is 0 Å². The van der Waals surface area contributed by atoms with Gasteiger partial charge in [0.05, 0.1) is 0 Å². The van der Waals surface area contributed by atoms with Crippen molar-refractivity contribution in [2.75, 3.05) is 6.54 Å². The SMILES string of the molecule is C=C[C@](CCNC(=O)c1ccccc1)(C(=O)O)c1ccccc1. The minimum atomic E-state index is -1.22. The van der Waals surface area contributed by atoms with Gasteiger partial charge in [0, 0.05) is 12.1 Å². The zero-order chi connectivity index (χ0) is 16.7. The van der Waals surface area contributed by atoms with Gasteiger partial charge in [-0.3, -0.25) is 9.59 Å². The minimum absolute atomic E-state index is 0.220. The number of hydrogen-bond donors (Lipinski definition) is 2. The summed E-state index contributed by atoms with van der Waals surface area (Å²) in [6, 6.07) is 17.8. The van der Waals surface area contributed by atoms with Gasteiger partial charge < -0.3 is 10.4 Å². The molecule has 2 aromatic rings. The molecule has 0 saturated heterocycles. The van der Waals surface area contributed by atoms with Crippen molar-refractivity contribution in [3.05, 3.63) is 84.4 Å². The quantitative estimate of drug-likeness (QED) is 0.773. The van der Waals surface area contributed by atoms with Crippen LogP contribution in [0.1, 0.15) is 22.3 Å². The summed E-state index contributed by atoms with van der Waals surface area (Å²) in [6.07, 6.45) is 1.66. The van der Waals surface area contributed by atoms with E-state index < -0.39 is 11.4 Å². The predicted molar refractivity (Wildman–Crippen MR) is 89.3 cm³/mol. The summed E-state index contributed by atoms with van der Waals surface area (Å²) in [6.45, 7) is 3.93. The topological polar surface area (TPSA) is 66.4 Å². The Bertz CT molecular complexity index is 682. The molecule has 2 rings (SSSR count). The fourth-order valence-corrected chi connectivity index (χ4v) is 2.48. The highest BCUT2D eigenvalue weighted by atomic mass is 16.4. The maximum Gasteiger partial charge on any atom is 0.318 e. The lowest BCUT2D eigenvalue weighted by molar-refractivity contribution is -0.142. The fraction of sp³-hybridized carbons (Fsp3) is 0.158. The van der Waals surface area contributed by atoms with Gasteiger partial charge in [0.15, 0.2) is 0 Å². The maximum atomic E-state index is 12.0. The molecule has 0 aliphatic heterocycles. The van der Waals surface area contributed by atoms with Crippen LogP contribution in [0.15, 0.2) is 73.3 Å². The van der Waals surface area contributed by atoms with Crippen LogP contribution in [0.3, 0.4) is 0 Å². The first kappa shape index (κ1) is 16.5. The van der Waals surface area contributed by atoms with Crippen LogP contribution >= 0.6 is 0 Å². The molecule has 0 radical (unpaired) electrons. The first-order chi connectivity index (χ1) is 11.1. The van der Waals surface area contributed by atoms with E-state index in [9.17, 15) is 14.7 Å². The van der Waals surface area contributed by atoms with Crippen LogP contribution in [-0.4, -0.2) is 23.5 Å². The van der Waals surface area contributed by atoms with Crippen molar-refractivity contribution in [3.8, 4) is 0 Å². The zero-order valence-electron chi connectivity index (χ0n) is 12.7. The van der Waals surface area contributed by atoms with Gasteiger partial charge in [0.2, 0.25) is 0 Å². The molecule has 1 atom stereocenters. The summed E-state index contributed by atoms with van der Waals surface area (Å²) in [5.74, 6) is -1.20. The molecule has 0 heterocycles. The van der Waals surface area contributed by atoms with Crippen molar-refractivity contribution in [1.29, 1.82) is 0 Å². The van der Waals surface area contributed by atoms with Crippen molar-refractivity contribution in [3.63, 3.8) is 0 Å². The third kappa shape index (κ3) is 3.66. The molecule has 118 valence electrons. The van der Waals surface area contributed by atoms with Crippen molar-refractivity contribution in [2.45, 2.75) is 11.8 Å². The number of rotatable bonds is 7. The van der Waals surface area contributed by atoms with Crippen LogP contribution < -0.4 is 5.32 Å². The van der Waals surface area contributed by atoms with E-state index in [1.807, 2.05) is 12.1 Å². The van der Waals surface area contributed by atoms with Crippen molar-refractivity contribution in [1.82, 2.24) is 5.32 Å². The average Bonchev–Trinajstić information content (AvgIpc) is 2.60. The molecule has 0 aromatic heterocycles. The summed E-state index contributed by atoms with van der Waals surface area (Å²) in [4.78, 5) is 23.9. The van der Waals surface area contributed by atoms with Gasteiger partial charge in [-0.25, -0.2) is 0 Å². The van der Waals surface area contributed by atoms with Gasteiger partial charge in [-0.1, -0.05) is 54.6 Å². The van der Waals surface area contributed by atoms with E-state index in [1.54, 1.807) is 48.5 Å². The highest BCUT2D eigenvalue weighted by Crippen LogP contribution is 2.29. The Labute approximate surface area is 135 Å². The summed E-state index contributed by atoms with van der Waals surface area (Å²) >= 11 is 0. The Morgan fingerprint density at radius 2 is 1.61 bits per heavy atom. The van der Waals surface area contributed by atoms with Gasteiger partial charge in [-0.15, -0.1) is 6.58 Å². The van der Waals surface area contributed by atoms with Crippen LogP contribution in [0.25, 0.3) is 0 Å². The molecule has 2 N–H and O–H groups in total. The number of carboxylic acid groups (broad SMARTS) is 1. The summed E-state index contributed by atoms with van der Waals surface area (Å²) < 4.78 is 0. The molecule has 0 fully saturated rings. The Hall–Kier alpha value is -2.88. The highest BCUT2D eigenvalue weighted by Gasteiger charge is 2.36. The molecular weight excluding hydrogens is 290 g/mol. The number of carbonyl (C=O) groups is 2. The Balaban J connectivity index is 2.10. The molecule has 4 heteroatoms. The Morgan fingerprint density at radius 1 is 1.04 bits per heavy atom. The zero-order valence-corrected chi connectivity index (χ0v) is 12.7. The first-order valence-corrected chi connectivity index (χ1v) is 7.36. The lowest BCUT2D eigenvalue weighted by Crippen LogP contribution is -2.38. The summed E-state index contributed by atoms with van der Waals surface area (Å²) in [5, 5.41) is 12.4. The molecule has 0 spiro atoms. The molecule has 0 aliphatic rings. The van der Waals surface area contributed by atoms with Crippen LogP contribution in [0.4, 0.5) is 0 Å².